The molecule has 28 heavy (non-hydrogen) atoms. The smallest absolute Gasteiger partial charge is 0.304 e. The predicted octanol–water partition coefficient (Wildman–Crippen LogP) is 1.96. The molecule has 0 radical (unpaired) electrons. The minimum atomic E-state index is -0.571. The van der Waals surface area contributed by atoms with Gasteiger partial charge < -0.3 is 20.8 Å². The van der Waals surface area contributed by atoms with E-state index in [9.17, 15) is 14.0 Å². The lowest BCUT2D eigenvalue weighted by atomic mass is 9.90. The van der Waals surface area contributed by atoms with E-state index in [1.54, 1.807) is 12.3 Å². The van der Waals surface area contributed by atoms with Crippen molar-refractivity contribution in [2.75, 3.05) is 12.8 Å². The van der Waals surface area contributed by atoms with Crippen molar-refractivity contribution in [3.63, 3.8) is 0 Å². The van der Waals surface area contributed by atoms with E-state index >= 15 is 0 Å². The maximum Gasteiger partial charge on any atom is 0.304 e. The van der Waals surface area contributed by atoms with Crippen LogP contribution in [-0.2, 0) is 6.42 Å². The van der Waals surface area contributed by atoms with Gasteiger partial charge in [0.1, 0.15) is 0 Å². The first kappa shape index (κ1) is 18.1. The average Bonchev–Trinajstić information content (AvgIpc) is 3.06. The van der Waals surface area contributed by atoms with Gasteiger partial charge in [0, 0.05) is 17.4 Å². The van der Waals surface area contributed by atoms with Crippen LogP contribution in [0.15, 0.2) is 22.3 Å². The Balaban J connectivity index is 1.86. The Morgan fingerprint density at radius 1 is 1.32 bits per heavy atom. The Hall–Kier alpha value is -3.27. The molecule has 1 unspecified atom stereocenters. The highest BCUT2D eigenvalue weighted by Gasteiger charge is 2.31. The number of nitrogens with one attached hydrogen (secondary N) is 2. The van der Waals surface area contributed by atoms with Gasteiger partial charge >= 0.3 is 4.87 Å². The summed E-state index contributed by atoms with van der Waals surface area (Å²) in [4.78, 5) is 35.0. The van der Waals surface area contributed by atoms with Crippen molar-refractivity contribution in [3.8, 4) is 17.0 Å². The van der Waals surface area contributed by atoms with Crippen LogP contribution in [0.25, 0.3) is 11.3 Å². The molecule has 0 fully saturated rings. The molecule has 0 aliphatic carbocycles. The fourth-order valence-corrected chi connectivity index (χ4v) is 4.00. The van der Waals surface area contributed by atoms with Gasteiger partial charge in [0.15, 0.2) is 11.6 Å². The van der Waals surface area contributed by atoms with Crippen LogP contribution in [0.1, 0.15) is 33.4 Å². The monoisotopic (exact) mass is 401 g/mol. The fraction of sp³-hybridized carbons (Fsp3) is 0.222. The largest absolute Gasteiger partial charge is 0.494 e. The average molecular weight is 401 g/mol. The first-order valence-corrected chi connectivity index (χ1v) is 9.24. The summed E-state index contributed by atoms with van der Waals surface area (Å²) < 4.78 is 19.5. The van der Waals surface area contributed by atoms with Crippen LogP contribution in [0.5, 0.6) is 5.75 Å². The standard InChI is InChI=1S/C18H16FN5O3S/c1-7-15-12(23-17(20)21-7)5-11(22-16(15)25)9-4-14(27-2)10(19)3-8(9)13-6-28-18(26)24-13/h3-4,6,11H,5H2,1-2H3,(H,22,25)(H,24,26)(H2,20,21,23). The molecule has 10 heteroatoms. The Morgan fingerprint density at radius 3 is 2.79 bits per heavy atom. The molecule has 4 N–H and O–H groups in total. The summed E-state index contributed by atoms with van der Waals surface area (Å²) in [6, 6.07) is 2.29. The van der Waals surface area contributed by atoms with Crippen molar-refractivity contribution in [2.45, 2.75) is 19.4 Å². The molecule has 2 aromatic heterocycles. The minimum Gasteiger partial charge on any atom is -0.494 e. The Morgan fingerprint density at radius 2 is 2.11 bits per heavy atom. The molecule has 8 nitrogen and oxygen atoms in total. The normalized spacial score (nSPS) is 15.8. The molecule has 1 amide bonds. The number of aromatic amines is 1. The van der Waals surface area contributed by atoms with Gasteiger partial charge in [-0.1, -0.05) is 11.3 Å². The van der Waals surface area contributed by atoms with E-state index in [1.165, 1.54) is 19.2 Å². The molecule has 3 heterocycles. The van der Waals surface area contributed by atoms with Crippen LogP contribution in [0.3, 0.4) is 0 Å². The van der Waals surface area contributed by atoms with Gasteiger partial charge in [-0.3, -0.25) is 9.59 Å². The van der Waals surface area contributed by atoms with Crippen LogP contribution in [-0.4, -0.2) is 28.0 Å². The maximum absolute atomic E-state index is 14.4. The number of ether oxygens (including phenoxy) is 1. The quantitative estimate of drug-likeness (QED) is 0.617. The Bertz CT molecular complexity index is 1160. The van der Waals surface area contributed by atoms with Crippen molar-refractivity contribution in [1.29, 1.82) is 0 Å². The second kappa shape index (κ2) is 6.71. The first-order chi connectivity index (χ1) is 13.4. The number of carbonyl (C=O) groups excluding carboxylic acids is 1. The zero-order valence-electron chi connectivity index (χ0n) is 15.0. The number of halogens is 1. The highest BCUT2D eigenvalue weighted by atomic mass is 32.1. The number of rotatable bonds is 3. The van der Waals surface area contributed by atoms with Gasteiger partial charge in [-0.15, -0.1) is 0 Å². The number of aromatic nitrogens is 3. The number of anilines is 1. The molecule has 144 valence electrons. The zero-order chi connectivity index (χ0) is 20.0. The maximum atomic E-state index is 14.4. The van der Waals surface area contributed by atoms with Crippen molar-refractivity contribution in [1.82, 2.24) is 20.3 Å². The molecular formula is C18H16FN5O3S. The SMILES string of the molecule is COc1cc(C2Cc3nc(N)nc(C)c3C(=O)N2)c(-c2csc(=O)[nH]2)cc1F. The number of thiazole rings is 1. The van der Waals surface area contributed by atoms with Gasteiger partial charge in [0.05, 0.1) is 35.8 Å². The van der Waals surface area contributed by atoms with E-state index in [2.05, 4.69) is 20.3 Å². The fourth-order valence-electron chi connectivity index (χ4n) is 3.42. The van der Waals surface area contributed by atoms with Gasteiger partial charge in [0.2, 0.25) is 5.95 Å². The summed E-state index contributed by atoms with van der Waals surface area (Å²) in [6.45, 7) is 1.69. The van der Waals surface area contributed by atoms with Crippen molar-refractivity contribution >= 4 is 23.2 Å². The number of hydrogen-bond acceptors (Lipinski definition) is 7. The molecule has 0 bridgehead atoms. The minimum absolute atomic E-state index is 0.0368. The lowest BCUT2D eigenvalue weighted by Crippen LogP contribution is -2.37. The second-order valence-electron chi connectivity index (χ2n) is 6.35. The van der Waals surface area contributed by atoms with Crippen LogP contribution in [0, 0.1) is 12.7 Å². The first-order valence-electron chi connectivity index (χ1n) is 8.37. The van der Waals surface area contributed by atoms with Crippen LogP contribution in [0.4, 0.5) is 10.3 Å². The number of nitrogens with zero attached hydrogens (tertiary/aromatic N) is 2. The van der Waals surface area contributed by atoms with E-state index < -0.39 is 11.9 Å². The molecule has 0 saturated heterocycles. The molecule has 0 saturated carbocycles. The van der Waals surface area contributed by atoms with Gasteiger partial charge in [-0.05, 0) is 24.6 Å². The molecule has 0 spiro atoms. The molecule has 3 aromatic rings. The predicted molar refractivity (Wildman–Crippen MR) is 102 cm³/mol. The van der Waals surface area contributed by atoms with Crippen LogP contribution < -0.4 is 20.7 Å². The van der Waals surface area contributed by atoms with E-state index in [0.29, 0.717) is 40.2 Å². The Kier molecular flexibility index (Phi) is 4.34. The summed E-state index contributed by atoms with van der Waals surface area (Å²) in [5.41, 5.74) is 8.67. The number of H-pyrrole nitrogens is 1. The third-order valence-electron chi connectivity index (χ3n) is 4.62. The summed E-state index contributed by atoms with van der Waals surface area (Å²) in [5, 5.41) is 4.52. The van der Waals surface area contributed by atoms with E-state index in [1.807, 2.05) is 0 Å². The van der Waals surface area contributed by atoms with E-state index in [0.717, 1.165) is 11.3 Å². The second-order valence-corrected chi connectivity index (χ2v) is 7.20. The number of benzene rings is 1. The summed E-state index contributed by atoms with van der Waals surface area (Å²) in [6.07, 6.45) is 0.338. The lowest BCUT2D eigenvalue weighted by Gasteiger charge is -2.28. The third kappa shape index (κ3) is 3.01. The van der Waals surface area contributed by atoms with E-state index in [-0.39, 0.29) is 22.5 Å². The topological polar surface area (TPSA) is 123 Å². The number of nitrogen functional groups attached to an aromatic ring is 1. The van der Waals surface area contributed by atoms with Crippen molar-refractivity contribution < 1.29 is 13.9 Å². The Labute approximate surface area is 162 Å². The van der Waals surface area contributed by atoms with Gasteiger partial charge in [-0.25, -0.2) is 14.4 Å². The summed E-state index contributed by atoms with van der Waals surface area (Å²) in [7, 11) is 1.36. The number of fused-ring (bicyclic) bond motifs is 1. The molecule has 1 aromatic carbocycles. The summed E-state index contributed by atoms with van der Waals surface area (Å²) >= 11 is 0.974. The number of hydrogen-bond donors (Lipinski definition) is 3. The molecule has 4 rings (SSSR count). The highest BCUT2D eigenvalue weighted by Crippen LogP contribution is 2.36. The molecule has 1 atom stereocenters. The van der Waals surface area contributed by atoms with Gasteiger partial charge in [0.25, 0.3) is 5.91 Å². The zero-order valence-corrected chi connectivity index (χ0v) is 15.8. The molecule has 1 aliphatic rings. The lowest BCUT2D eigenvalue weighted by molar-refractivity contribution is 0.0922. The summed E-state index contributed by atoms with van der Waals surface area (Å²) in [5.74, 6) is -0.784. The number of methoxy groups -OCH3 is 1. The molecular weight excluding hydrogens is 385 g/mol. The van der Waals surface area contributed by atoms with Crippen molar-refractivity contribution in [3.05, 3.63) is 55.5 Å². The number of amides is 1. The number of nitrogens with two attached hydrogens (primary N) is 1. The van der Waals surface area contributed by atoms with Gasteiger partial charge in [-0.2, -0.15) is 0 Å². The number of aryl methyl sites for hydroxylation is 1. The highest BCUT2D eigenvalue weighted by molar-refractivity contribution is 7.07. The molecule has 1 aliphatic heterocycles. The third-order valence-corrected chi connectivity index (χ3v) is 5.29. The number of carbonyl (C=O) groups is 1. The van der Waals surface area contributed by atoms with Crippen LogP contribution >= 0.6 is 11.3 Å². The van der Waals surface area contributed by atoms with E-state index in [4.69, 9.17) is 10.5 Å². The van der Waals surface area contributed by atoms with Crippen molar-refractivity contribution in [2.24, 2.45) is 0 Å². The van der Waals surface area contributed by atoms with Crippen LogP contribution in [0.2, 0.25) is 0 Å².